The zero-order valence-corrected chi connectivity index (χ0v) is 14.1. The fourth-order valence-electron chi connectivity index (χ4n) is 2.57. The van der Waals surface area contributed by atoms with Crippen molar-refractivity contribution < 1.29 is 13.6 Å². The molecule has 4 rings (SSSR count). The minimum atomic E-state index is -0.372. The van der Waals surface area contributed by atoms with E-state index in [1.807, 2.05) is 30.3 Å². The SMILES string of the molecule is O=C1/C(=C/c2ccco2)N=C(c2ccccc2)N1/N=C\c1ccc(F)cc1. The number of amides is 1. The highest BCUT2D eigenvalue weighted by Crippen LogP contribution is 2.22. The second-order valence-corrected chi connectivity index (χ2v) is 5.76. The summed E-state index contributed by atoms with van der Waals surface area (Å²) in [4.78, 5) is 17.3. The molecule has 0 saturated heterocycles. The summed E-state index contributed by atoms with van der Waals surface area (Å²) in [5.74, 6) is 0.235. The minimum Gasteiger partial charge on any atom is -0.465 e. The average molecular weight is 359 g/mol. The Labute approximate surface area is 154 Å². The van der Waals surface area contributed by atoms with Crippen molar-refractivity contribution in [2.24, 2.45) is 10.1 Å². The van der Waals surface area contributed by atoms with Gasteiger partial charge in [0.05, 0.1) is 12.5 Å². The van der Waals surface area contributed by atoms with Crippen LogP contribution in [0.2, 0.25) is 0 Å². The fourth-order valence-corrected chi connectivity index (χ4v) is 2.57. The monoisotopic (exact) mass is 359 g/mol. The Morgan fingerprint density at radius 3 is 2.48 bits per heavy atom. The molecule has 1 amide bonds. The Morgan fingerprint density at radius 2 is 1.78 bits per heavy atom. The molecule has 2 heterocycles. The van der Waals surface area contributed by atoms with Gasteiger partial charge in [0, 0.05) is 11.6 Å². The van der Waals surface area contributed by atoms with Crippen molar-refractivity contribution in [3.05, 3.63) is 101 Å². The van der Waals surface area contributed by atoms with Gasteiger partial charge in [0.15, 0.2) is 5.84 Å². The van der Waals surface area contributed by atoms with E-state index in [4.69, 9.17) is 4.42 Å². The summed E-state index contributed by atoms with van der Waals surface area (Å²) in [6.45, 7) is 0. The highest BCUT2D eigenvalue weighted by molar-refractivity contribution is 6.19. The maximum Gasteiger partial charge on any atom is 0.298 e. The molecular weight excluding hydrogens is 345 g/mol. The van der Waals surface area contributed by atoms with E-state index in [9.17, 15) is 9.18 Å². The lowest BCUT2D eigenvalue weighted by Gasteiger charge is -2.11. The molecule has 1 aliphatic heterocycles. The third-order valence-corrected chi connectivity index (χ3v) is 3.88. The molecule has 1 aliphatic rings. The van der Waals surface area contributed by atoms with Crippen LogP contribution in [-0.4, -0.2) is 23.0 Å². The Morgan fingerprint density at radius 1 is 1.00 bits per heavy atom. The van der Waals surface area contributed by atoms with Crippen LogP contribution >= 0.6 is 0 Å². The largest absolute Gasteiger partial charge is 0.465 e. The molecule has 0 saturated carbocycles. The van der Waals surface area contributed by atoms with E-state index in [1.54, 1.807) is 30.3 Å². The molecule has 1 aromatic heterocycles. The smallest absolute Gasteiger partial charge is 0.298 e. The normalized spacial score (nSPS) is 15.7. The zero-order chi connectivity index (χ0) is 18.6. The number of carbonyl (C=O) groups excluding carboxylic acids is 1. The lowest BCUT2D eigenvalue weighted by molar-refractivity contribution is -0.122. The first-order chi connectivity index (χ1) is 13.2. The van der Waals surface area contributed by atoms with Gasteiger partial charge in [-0.1, -0.05) is 42.5 Å². The number of amidine groups is 1. The predicted molar refractivity (Wildman–Crippen MR) is 101 cm³/mol. The molecule has 0 aliphatic carbocycles. The van der Waals surface area contributed by atoms with Crippen molar-refractivity contribution in [1.29, 1.82) is 0 Å². The third-order valence-electron chi connectivity index (χ3n) is 3.88. The number of furan rings is 1. The van der Waals surface area contributed by atoms with Gasteiger partial charge < -0.3 is 4.42 Å². The fraction of sp³-hybridized carbons (Fsp3) is 0. The van der Waals surface area contributed by atoms with Crippen molar-refractivity contribution in [2.75, 3.05) is 0 Å². The Hall–Kier alpha value is -3.80. The van der Waals surface area contributed by atoms with Gasteiger partial charge in [-0.25, -0.2) is 9.38 Å². The van der Waals surface area contributed by atoms with Crippen molar-refractivity contribution >= 4 is 24.0 Å². The zero-order valence-electron chi connectivity index (χ0n) is 14.1. The number of rotatable bonds is 4. The summed E-state index contributed by atoms with van der Waals surface area (Å²) in [6, 6.07) is 18.6. The predicted octanol–water partition coefficient (Wildman–Crippen LogP) is 4.08. The first kappa shape index (κ1) is 16.7. The van der Waals surface area contributed by atoms with Crippen LogP contribution in [0.3, 0.4) is 0 Å². The van der Waals surface area contributed by atoms with Crippen molar-refractivity contribution in [3.63, 3.8) is 0 Å². The number of hydrazone groups is 1. The summed E-state index contributed by atoms with van der Waals surface area (Å²) in [7, 11) is 0. The number of hydrogen-bond acceptors (Lipinski definition) is 4. The number of aliphatic imine (C=N–C) groups is 1. The first-order valence-electron chi connectivity index (χ1n) is 8.24. The quantitative estimate of drug-likeness (QED) is 0.520. The molecule has 132 valence electrons. The van der Waals surface area contributed by atoms with E-state index in [1.165, 1.54) is 29.6 Å². The Kier molecular flexibility index (Phi) is 4.45. The minimum absolute atomic E-state index is 0.222. The van der Waals surface area contributed by atoms with Gasteiger partial charge in [-0.05, 0) is 29.8 Å². The molecule has 2 aromatic carbocycles. The van der Waals surface area contributed by atoms with Crippen LogP contribution in [0.25, 0.3) is 6.08 Å². The standard InChI is InChI=1S/C21H14FN3O2/c22-17-10-8-15(9-11-17)14-23-25-20(16-5-2-1-3-6-16)24-19(21(25)26)13-18-7-4-12-27-18/h1-14H/b19-13-,23-14-. The number of hydrogen-bond donors (Lipinski definition) is 0. The molecule has 3 aromatic rings. The summed E-state index contributed by atoms with van der Waals surface area (Å²) in [5, 5.41) is 5.51. The van der Waals surface area contributed by atoms with Gasteiger partial charge in [-0.2, -0.15) is 10.1 Å². The third kappa shape index (κ3) is 3.59. The number of benzene rings is 2. The Bertz CT molecular complexity index is 1040. The summed E-state index contributed by atoms with van der Waals surface area (Å²) in [6.07, 6.45) is 4.59. The maximum absolute atomic E-state index is 13.1. The topological polar surface area (TPSA) is 58.2 Å². The average Bonchev–Trinajstić information content (AvgIpc) is 3.31. The number of nitrogens with zero attached hydrogens (tertiary/aromatic N) is 3. The number of halogens is 1. The van der Waals surface area contributed by atoms with Gasteiger partial charge in [-0.15, -0.1) is 0 Å². The van der Waals surface area contributed by atoms with Gasteiger partial charge in [0.25, 0.3) is 5.91 Å². The van der Waals surface area contributed by atoms with Crippen LogP contribution in [0, 0.1) is 5.82 Å². The molecule has 6 heteroatoms. The second kappa shape index (κ2) is 7.21. The van der Waals surface area contributed by atoms with E-state index in [2.05, 4.69) is 10.1 Å². The molecule has 0 radical (unpaired) electrons. The lowest BCUT2D eigenvalue weighted by atomic mass is 10.2. The molecule has 0 spiro atoms. The van der Waals surface area contributed by atoms with E-state index in [0.29, 0.717) is 17.2 Å². The van der Waals surface area contributed by atoms with Gasteiger partial charge >= 0.3 is 0 Å². The molecule has 5 nitrogen and oxygen atoms in total. The van der Waals surface area contributed by atoms with Gasteiger partial charge in [-0.3, -0.25) is 4.79 Å². The molecule has 27 heavy (non-hydrogen) atoms. The first-order valence-corrected chi connectivity index (χ1v) is 8.24. The number of carbonyl (C=O) groups is 1. The Balaban J connectivity index is 1.71. The van der Waals surface area contributed by atoms with Crippen LogP contribution in [-0.2, 0) is 4.79 Å². The summed E-state index contributed by atoms with van der Waals surface area (Å²) in [5.41, 5.74) is 1.64. The summed E-state index contributed by atoms with van der Waals surface area (Å²) < 4.78 is 18.3. The van der Waals surface area contributed by atoms with E-state index in [-0.39, 0.29) is 17.4 Å². The molecular formula is C21H14FN3O2. The van der Waals surface area contributed by atoms with Gasteiger partial charge in [0.2, 0.25) is 0 Å². The van der Waals surface area contributed by atoms with Crippen molar-refractivity contribution in [3.8, 4) is 0 Å². The van der Waals surface area contributed by atoms with Crippen LogP contribution in [0.4, 0.5) is 4.39 Å². The van der Waals surface area contributed by atoms with E-state index < -0.39 is 0 Å². The van der Waals surface area contributed by atoms with E-state index in [0.717, 1.165) is 5.56 Å². The van der Waals surface area contributed by atoms with Crippen LogP contribution in [0.1, 0.15) is 16.9 Å². The molecule has 0 unspecified atom stereocenters. The second-order valence-electron chi connectivity index (χ2n) is 5.76. The summed E-state index contributed by atoms with van der Waals surface area (Å²) >= 11 is 0. The molecule has 0 atom stereocenters. The van der Waals surface area contributed by atoms with Crippen molar-refractivity contribution in [2.45, 2.75) is 0 Å². The van der Waals surface area contributed by atoms with Crippen LogP contribution in [0.15, 0.2) is 93.2 Å². The molecule has 0 fully saturated rings. The van der Waals surface area contributed by atoms with Crippen LogP contribution < -0.4 is 0 Å². The van der Waals surface area contributed by atoms with Crippen LogP contribution in [0.5, 0.6) is 0 Å². The maximum atomic E-state index is 13.1. The highest BCUT2D eigenvalue weighted by Gasteiger charge is 2.31. The lowest BCUT2D eigenvalue weighted by Crippen LogP contribution is -2.27. The van der Waals surface area contributed by atoms with Crippen molar-refractivity contribution in [1.82, 2.24) is 5.01 Å². The molecule has 0 bridgehead atoms. The van der Waals surface area contributed by atoms with Gasteiger partial charge in [0.1, 0.15) is 17.3 Å². The highest BCUT2D eigenvalue weighted by atomic mass is 19.1. The molecule has 0 N–H and O–H groups in total. The van der Waals surface area contributed by atoms with E-state index >= 15 is 0 Å².